The third-order valence-electron chi connectivity index (χ3n) is 8.02. The quantitative estimate of drug-likeness (QED) is 0.111. The van der Waals surface area contributed by atoms with E-state index in [4.69, 9.17) is 0 Å². The van der Waals surface area contributed by atoms with E-state index in [1.54, 1.807) is 0 Å². The van der Waals surface area contributed by atoms with E-state index in [0.29, 0.717) is 12.1 Å². The number of hydrogen-bond donors (Lipinski definition) is 0. The molecule has 0 saturated heterocycles. The molecule has 1 atom stereocenters. The molecule has 0 bridgehead atoms. The Morgan fingerprint density at radius 2 is 0.686 bits per heavy atom. The second-order valence-electron chi connectivity index (χ2n) is 11.9. The van der Waals surface area contributed by atoms with Crippen molar-refractivity contribution < 1.29 is 0 Å². The zero-order valence-corrected chi connectivity index (χ0v) is 24.9. The van der Waals surface area contributed by atoms with Crippen LogP contribution >= 0.6 is 0 Å². The van der Waals surface area contributed by atoms with E-state index in [9.17, 15) is 0 Å². The Morgan fingerprint density at radius 1 is 0.429 bits per heavy atom. The lowest BCUT2D eigenvalue weighted by Crippen LogP contribution is -2.43. The monoisotopic (exact) mass is 491 g/mol. The first-order chi connectivity index (χ1) is 17.2. The third kappa shape index (κ3) is 17.4. The summed E-state index contributed by atoms with van der Waals surface area (Å²) in [7, 11) is 0. The van der Waals surface area contributed by atoms with Gasteiger partial charge >= 0.3 is 0 Å². The topological polar surface area (TPSA) is 6.48 Å². The highest BCUT2D eigenvalue weighted by Crippen LogP contribution is 2.24. The SMILES string of the molecule is CCCCCCCCCCCCCCCCN1C=CN(CCCCCCCCCCC)C1C(C)C. The molecule has 0 saturated carbocycles. The molecule has 0 aromatic heterocycles. The first kappa shape index (κ1) is 32.4. The summed E-state index contributed by atoms with van der Waals surface area (Å²) in [6, 6.07) is 0. The summed E-state index contributed by atoms with van der Waals surface area (Å²) in [6.45, 7) is 11.9. The van der Waals surface area contributed by atoms with Crippen molar-refractivity contribution >= 4 is 0 Å². The summed E-state index contributed by atoms with van der Waals surface area (Å²) >= 11 is 0. The Balaban J connectivity index is 1.99. The Kier molecular flexibility index (Phi) is 21.9. The number of unbranched alkanes of at least 4 members (excludes halogenated alkanes) is 21. The van der Waals surface area contributed by atoms with Gasteiger partial charge in [-0.15, -0.1) is 0 Å². The van der Waals surface area contributed by atoms with Gasteiger partial charge in [0.1, 0.15) is 6.17 Å². The Labute approximate surface area is 222 Å². The molecular weight excluding hydrogens is 424 g/mol. The standard InChI is InChI=1S/C33H66N2/c1-5-7-9-11-13-15-16-17-18-19-21-23-25-27-29-35-31-30-34(33(35)32(3)4)28-26-24-22-20-14-12-10-8-6-2/h30-33H,5-29H2,1-4H3. The molecular formula is C33H66N2. The van der Waals surface area contributed by atoms with Gasteiger partial charge in [-0.1, -0.05) is 163 Å². The minimum atomic E-state index is 0.589. The molecule has 35 heavy (non-hydrogen) atoms. The molecule has 0 aromatic carbocycles. The van der Waals surface area contributed by atoms with Crippen molar-refractivity contribution in [2.24, 2.45) is 5.92 Å². The molecule has 0 N–H and O–H groups in total. The molecule has 0 amide bonds. The molecule has 1 heterocycles. The van der Waals surface area contributed by atoms with Crippen LogP contribution in [0.15, 0.2) is 12.4 Å². The zero-order valence-electron chi connectivity index (χ0n) is 24.9. The second kappa shape index (κ2) is 23.7. The van der Waals surface area contributed by atoms with Crippen molar-refractivity contribution in [3.05, 3.63) is 12.4 Å². The lowest BCUT2D eigenvalue weighted by molar-refractivity contribution is 0.104. The molecule has 0 spiro atoms. The van der Waals surface area contributed by atoms with E-state index in [2.05, 4.69) is 49.9 Å². The van der Waals surface area contributed by atoms with Gasteiger partial charge in [0.25, 0.3) is 0 Å². The second-order valence-corrected chi connectivity index (χ2v) is 11.9. The fraction of sp³-hybridized carbons (Fsp3) is 0.939. The summed E-state index contributed by atoms with van der Waals surface area (Å²) in [6.07, 6.45) is 38.3. The minimum Gasteiger partial charge on any atom is -0.356 e. The highest BCUT2D eigenvalue weighted by atomic mass is 15.4. The molecule has 1 unspecified atom stereocenters. The van der Waals surface area contributed by atoms with E-state index < -0.39 is 0 Å². The maximum Gasteiger partial charge on any atom is 0.103 e. The van der Waals surface area contributed by atoms with Crippen molar-refractivity contribution in [3.63, 3.8) is 0 Å². The van der Waals surface area contributed by atoms with Gasteiger partial charge < -0.3 is 9.80 Å². The van der Waals surface area contributed by atoms with E-state index in [-0.39, 0.29) is 0 Å². The average molecular weight is 491 g/mol. The highest BCUT2D eigenvalue weighted by molar-refractivity contribution is 4.98. The van der Waals surface area contributed by atoms with Gasteiger partial charge in [0.15, 0.2) is 0 Å². The van der Waals surface area contributed by atoms with Crippen LogP contribution in [0.4, 0.5) is 0 Å². The normalized spacial score (nSPS) is 15.7. The fourth-order valence-electron chi connectivity index (χ4n) is 5.81. The van der Waals surface area contributed by atoms with Crippen molar-refractivity contribution in [3.8, 4) is 0 Å². The Hall–Kier alpha value is -0.660. The van der Waals surface area contributed by atoms with Gasteiger partial charge in [0.05, 0.1) is 0 Å². The van der Waals surface area contributed by atoms with Crippen molar-refractivity contribution in [2.75, 3.05) is 13.1 Å². The third-order valence-corrected chi connectivity index (χ3v) is 8.02. The van der Waals surface area contributed by atoms with Crippen molar-refractivity contribution in [1.29, 1.82) is 0 Å². The first-order valence-corrected chi connectivity index (χ1v) is 16.4. The van der Waals surface area contributed by atoms with Gasteiger partial charge in [-0.05, 0) is 18.8 Å². The largest absolute Gasteiger partial charge is 0.356 e. The summed E-state index contributed by atoms with van der Waals surface area (Å²) in [5.41, 5.74) is 0. The highest BCUT2D eigenvalue weighted by Gasteiger charge is 2.28. The number of nitrogens with zero attached hydrogens (tertiary/aromatic N) is 2. The maximum atomic E-state index is 2.64. The summed E-state index contributed by atoms with van der Waals surface area (Å²) < 4.78 is 0. The summed E-state index contributed by atoms with van der Waals surface area (Å²) in [5, 5.41) is 0. The molecule has 1 aliphatic rings. The van der Waals surface area contributed by atoms with E-state index in [1.807, 2.05) is 0 Å². The molecule has 0 radical (unpaired) electrons. The molecule has 0 fully saturated rings. The lowest BCUT2D eigenvalue weighted by atomic mass is 10.0. The predicted molar refractivity (Wildman–Crippen MR) is 159 cm³/mol. The van der Waals surface area contributed by atoms with Gasteiger partial charge in [0.2, 0.25) is 0 Å². The predicted octanol–water partition coefficient (Wildman–Crippen LogP) is 11.1. The fourth-order valence-corrected chi connectivity index (χ4v) is 5.81. The maximum absolute atomic E-state index is 2.64. The van der Waals surface area contributed by atoms with Crippen LogP contribution in [-0.4, -0.2) is 29.1 Å². The molecule has 1 aliphatic heterocycles. The van der Waals surface area contributed by atoms with Crippen LogP contribution in [0.1, 0.15) is 175 Å². The van der Waals surface area contributed by atoms with E-state index in [0.717, 1.165) is 0 Å². The smallest absolute Gasteiger partial charge is 0.103 e. The first-order valence-electron chi connectivity index (χ1n) is 16.4. The number of rotatable bonds is 26. The number of hydrogen-bond acceptors (Lipinski definition) is 2. The van der Waals surface area contributed by atoms with Crippen LogP contribution in [0.3, 0.4) is 0 Å². The molecule has 0 aromatic rings. The molecule has 1 rings (SSSR count). The minimum absolute atomic E-state index is 0.589. The van der Waals surface area contributed by atoms with Gasteiger partial charge in [0, 0.05) is 25.5 Å². The van der Waals surface area contributed by atoms with Crippen LogP contribution in [0.25, 0.3) is 0 Å². The Morgan fingerprint density at radius 3 is 0.943 bits per heavy atom. The van der Waals surface area contributed by atoms with Crippen LogP contribution in [0.5, 0.6) is 0 Å². The molecule has 2 heteroatoms. The van der Waals surface area contributed by atoms with Gasteiger partial charge in [-0.3, -0.25) is 0 Å². The van der Waals surface area contributed by atoms with Gasteiger partial charge in [-0.25, -0.2) is 0 Å². The molecule has 208 valence electrons. The van der Waals surface area contributed by atoms with E-state index >= 15 is 0 Å². The van der Waals surface area contributed by atoms with Crippen molar-refractivity contribution in [2.45, 2.75) is 182 Å². The lowest BCUT2D eigenvalue weighted by Gasteiger charge is -2.36. The molecule has 0 aliphatic carbocycles. The van der Waals surface area contributed by atoms with Crippen molar-refractivity contribution in [1.82, 2.24) is 9.80 Å². The molecule has 2 nitrogen and oxygen atoms in total. The van der Waals surface area contributed by atoms with Gasteiger partial charge in [-0.2, -0.15) is 0 Å². The van der Waals surface area contributed by atoms with E-state index in [1.165, 1.54) is 161 Å². The van der Waals surface area contributed by atoms with Crippen LogP contribution in [0.2, 0.25) is 0 Å². The van der Waals surface area contributed by atoms with Crippen LogP contribution in [0, 0.1) is 5.92 Å². The average Bonchev–Trinajstić information content (AvgIpc) is 3.26. The summed E-state index contributed by atoms with van der Waals surface area (Å²) in [4.78, 5) is 5.27. The Bertz CT molecular complexity index is 458. The summed E-state index contributed by atoms with van der Waals surface area (Å²) in [5.74, 6) is 0.690. The zero-order chi connectivity index (χ0) is 25.4. The van der Waals surface area contributed by atoms with Crippen LogP contribution < -0.4 is 0 Å². The van der Waals surface area contributed by atoms with Crippen LogP contribution in [-0.2, 0) is 0 Å².